The Hall–Kier alpha value is -0.870. The van der Waals surface area contributed by atoms with Gasteiger partial charge in [0.25, 0.3) is 0 Å². The molecular weight excluding hydrogens is 140 g/mol. The minimum Gasteiger partial charge on any atom is -0.0918 e. The van der Waals surface area contributed by atoms with Crippen LogP contribution in [0.15, 0.2) is 24.3 Å². The van der Waals surface area contributed by atoms with Gasteiger partial charge in [-0.1, -0.05) is 36.7 Å². The molecule has 1 aromatic rings. The molecule has 50 valence electrons. The number of hydrogen-bond donors (Lipinski definition) is 1. The molecule has 0 spiro atoms. The third-order valence-electron chi connectivity index (χ3n) is 1.34. The van der Waals surface area contributed by atoms with Gasteiger partial charge in [0.15, 0.2) is 0 Å². The van der Waals surface area contributed by atoms with Crippen LogP contribution in [0.25, 0.3) is 0 Å². The molecule has 1 heteroatoms. The maximum atomic E-state index is 3.82. The molecule has 0 unspecified atom stereocenters. The fourth-order valence-electron chi connectivity index (χ4n) is 0.773. The second-order valence-electron chi connectivity index (χ2n) is 2.05. The predicted molar refractivity (Wildman–Crippen MR) is 47.0 cm³/mol. The first-order valence-electron chi connectivity index (χ1n) is 3.05. The minimum absolute atomic E-state index is 1.05. The minimum atomic E-state index is 1.05. The van der Waals surface area contributed by atoms with Crippen molar-refractivity contribution in [2.45, 2.75) is 6.92 Å². The molecule has 1 aromatic carbocycles. The molecule has 0 bridgehead atoms. The molecular formula is C9H8S. The highest BCUT2D eigenvalue weighted by Gasteiger charge is 1.88. The first-order valence-corrected chi connectivity index (χ1v) is 3.50. The van der Waals surface area contributed by atoms with Crippen molar-refractivity contribution in [3.8, 4) is 11.2 Å². The van der Waals surface area contributed by atoms with Crippen LogP contribution >= 0.6 is 12.6 Å². The smallest absolute Gasteiger partial charge is 0.0283 e. The summed E-state index contributed by atoms with van der Waals surface area (Å²) in [4.78, 5) is 0. The average Bonchev–Trinajstić information content (AvgIpc) is 1.94. The van der Waals surface area contributed by atoms with E-state index in [0.717, 1.165) is 5.56 Å². The van der Waals surface area contributed by atoms with Crippen molar-refractivity contribution in [3.63, 3.8) is 0 Å². The standard InChI is InChI=1S/C9H8S/c1-8-4-2-3-5-9(8)6-7-10/h2-5,10H,1H3. The van der Waals surface area contributed by atoms with Crippen LogP contribution in [0.2, 0.25) is 0 Å². The molecule has 0 N–H and O–H groups in total. The van der Waals surface area contributed by atoms with Crippen LogP contribution in [0.4, 0.5) is 0 Å². The van der Waals surface area contributed by atoms with Gasteiger partial charge in [-0.25, -0.2) is 0 Å². The summed E-state index contributed by atoms with van der Waals surface area (Å²) in [6.45, 7) is 2.04. The largest absolute Gasteiger partial charge is 0.0918 e. The van der Waals surface area contributed by atoms with E-state index in [1.165, 1.54) is 5.56 Å². The van der Waals surface area contributed by atoms with Crippen LogP contribution in [0, 0.1) is 18.1 Å². The van der Waals surface area contributed by atoms with Gasteiger partial charge in [0.2, 0.25) is 0 Å². The third kappa shape index (κ3) is 1.55. The summed E-state index contributed by atoms with van der Waals surface area (Å²) in [5.41, 5.74) is 2.25. The van der Waals surface area contributed by atoms with E-state index >= 15 is 0 Å². The number of benzene rings is 1. The van der Waals surface area contributed by atoms with Gasteiger partial charge in [0.1, 0.15) is 0 Å². The highest BCUT2D eigenvalue weighted by atomic mass is 32.1. The maximum absolute atomic E-state index is 3.82. The monoisotopic (exact) mass is 148 g/mol. The summed E-state index contributed by atoms with van der Waals surface area (Å²) in [7, 11) is 0. The lowest BCUT2D eigenvalue weighted by atomic mass is 10.1. The average molecular weight is 148 g/mol. The number of aryl methyl sites for hydroxylation is 1. The van der Waals surface area contributed by atoms with Gasteiger partial charge in [-0.05, 0) is 23.8 Å². The Labute approximate surface area is 66.7 Å². The van der Waals surface area contributed by atoms with Gasteiger partial charge in [-0.3, -0.25) is 0 Å². The van der Waals surface area contributed by atoms with Gasteiger partial charge < -0.3 is 0 Å². The molecule has 0 aliphatic heterocycles. The Morgan fingerprint density at radius 2 is 2.00 bits per heavy atom. The highest BCUT2D eigenvalue weighted by Crippen LogP contribution is 2.03. The van der Waals surface area contributed by atoms with Gasteiger partial charge in [0, 0.05) is 5.56 Å². The van der Waals surface area contributed by atoms with Crippen molar-refractivity contribution in [3.05, 3.63) is 35.4 Å². The lowest BCUT2D eigenvalue weighted by Gasteiger charge is -1.93. The van der Waals surface area contributed by atoms with Crippen molar-refractivity contribution >= 4 is 12.6 Å². The topological polar surface area (TPSA) is 0 Å². The van der Waals surface area contributed by atoms with Crippen LogP contribution in [-0.4, -0.2) is 0 Å². The Kier molecular flexibility index (Phi) is 2.42. The normalized spacial score (nSPS) is 8.20. The van der Waals surface area contributed by atoms with Gasteiger partial charge in [-0.15, -0.1) is 0 Å². The lowest BCUT2D eigenvalue weighted by Crippen LogP contribution is -1.77. The van der Waals surface area contributed by atoms with E-state index in [-0.39, 0.29) is 0 Å². The van der Waals surface area contributed by atoms with E-state index < -0.39 is 0 Å². The summed E-state index contributed by atoms with van der Waals surface area (Å²) in [6, 6.07) is 7.99. The van der Waals surface area contributed by atoms with Crippen LogP contribution in [0.1, 0.15) is 11.1 Å². The zero-order valence-corrected chi connectivity index (χ0v) is 6.65. The van der Waals surface area contributed by atoms with Crippen molar-refractivity contribution in [2.75, 3.05) is 0 Å². The summed E-state index contributed by atoms with van der Waals surface area (Å²) >= 11 is 3.82. The number of rotatable bonds is 0. The van der Waals surface area contributed by atoms with E-state index in [1.54, 1.807) is 0 Å². The summed E-state index contributed by atoms with van der Waals surface area (Å²) in [5.74, 6) is 2.89. The van der Waals surface area contributed by atoms with E-state index in [4.69, 9.17) is 0 Å². The molecule has 0 saturated heterocycles. The van der Waals surface area contributed by atoms with Crippen molar-refractivity contribution < 1.29 is 0 Å². The molecule has 0 radical (unpaired) electrons. The van der Waals surface area contributed by atoms with Crippen LogP contribution < -0.4 is 0 Å². The van der Waals surface area contributed by atoms with Gasteiger partial charge in [0.05, 0.1) is 0 Å². The fourth-order valence-corrected chi connectivity index (χ4v) is 0.894. The summed E-state index contributed by atoms with van der Waals surface area (Å²) in [5, 5.41) is 2.57. The van der Waals surface area contributed by atoms with Crippen LogP contribution in [0.3, 0.4) is 0 Å². The van der Waals surface area contributed by atoms with E-state index in [9.17, 15) is 0 Å². The van der Waals surface area contributed by atoms with E-state index in [1.807, 2.05) is 31.2 Å². The Balaban J connectivity index is 3.11. The van der Waals surface area contributed by atoms with Crippen LogP contribution in [-0.2, 0) is 0 Å². The van der Waals surface area contributed by atoms with Gasteiger partial charge in [-0.2, -0.15) is 0 Å². The number of hydrogen-bond acceptors (Lipinski definition) is 1. The lowest BCUT2D eigenvalue weighted by molar-refractivity contribution is 1.44. The van der Waals surface area contributed by atoms with Crippen molar-refractivity contribution in [1.29, 1.82) is 0 Å². The highest BCUT2D eigenvalue weighted by molar-refractivity contribution is 7.85. The van der Waals surface area contributed by atoms with E-state index in [2.05, 4.69) is 23.8 Å². The molecule has 0 nitrogen and oxygen atoms in total. The second kappa shape index (κ2) is 3.34. The molecule has 0 heterocycles. The molecule has 0 aromatic heterocycles. The molecule has 0 fully saturated rings. The molecule has 0 aliphatic rings. The van der Waals surface area contributed by atoms with Crippen LogP contribution in [0.5, 0.6) is 0 Å². The summed E-state index contributed by atoms with van der Waals surface area (Å²) in [6.07, 6.45) is 0. The first-order chi connectivity index (χ1) is 4.84. The van der Waals surface area contributed by atoms with Crippen molar-refractivity contribution in [2.24, 2.45) is 0 Å². The Morgan fingerprint density at radius 3 is 2.60 bits per heavy atom. The molecule has 0 aliphatic carbocycles. The quantitative estimate of drug-likeness (QED) is 0.423. The zero-order chi connectivity index (χ0) is 7.40. The molecule has 0 atom stereocenters. The Morgan fingerprint density at radius 1 is 1.30 bits per heavy atom. The Bertz CT molecular complexity index is 278. The SMILES string of the molecule is Cc1ccccc1C#CS. The molecule has 0 amide bonds. The molecule has 0 saturated carbocycles. The first kappa shape index (κ1) is 7.24. The predicted octanol–water partition coefficient (Wildman–Crippen LogP) is 2.23. The maximum Gasteiger partial charge on any atom is 0.0283 e. The zero-order valence-electron chi connectivity index (χ0n) is 5.76. The van der Waals surface area contributed by atoms with Crippen molar-refractivity contribution in [1.82, 2.24) is 0 Å². The molecule has 1 rings (SSSR count). The second-order valence-corrected chi connectivity index (χ2v) is 2.28. The fraction of sp³-hybridized carbons (Fsp3) is 0.111. The molecule has 10 heavy (non-hydrogen) atoms. The van der Waals surface area contributed by atoms with E-state index in [0.29, 0.717) is 0 Å². The number of thiol groups is 1. The van der Waals surface area contributed by atoms with Gasteiger partial charge >= 0.3 is 0 Å². The third-order valence-corrected chi connectivity index (χ3v) is 1.45. The summed E-state index contributed by atoms with van der Waals surface area (Å²) < 4.78 is 0.